The fourth-order valence-corrected chi connectivity index (χ4v) is 6.78. The summed E-state index contributed by atoms with van der Waals surface area (Å²) in [5.41, 5.74) is 8.41. The first-order valence-corrected chi connectivity index (χ1v) is 11.1. The van der Waals surface area contributed by atoms with Crippen LogP contribution in [-0.2, 0) is 5.41 Å². The highest BCUT2D eigenvalue weighted by Crippen LogP contribution is 2.63. The van der Waals surface area contributed by atoms with E-state index in [2.05, 4.69) is 101 Å². The van der Waals surface area contributed by atoms with Crippen molar-refractivity contribution in [3.8, 4) is 11.1 Å². The molecule has 0 nitrogen and oxygen atoms in total. The second kappa shape index (κ2) is 5.73. The molecule has 27 heavy (non-hydrogen) atoms. The third kappa shape index (κ3) is 2.00. The first-order valence-electron chi connectivity index (χ1n) is 9.33. The van der Waals surface area contributed by atoms with Crippen molar-refractivity contribution in [3.63, 3.8) is 0 Å². The van der Waals surface area contributed by atoms with Crippen LogP contribution in [0.4, 0.5) is 0 Å². The molecule has 0 N–H and O–H groups in total. The zero-order valence-electron chi connectivity index (χ0n) is 14.7. The van der Waals surface area contributed by atoms with Crippen LogP contribution < -0.4 is 0 Å². The number of rotatable bonds is 0. The van der Waals surface area contributed by atoms with Crippen molar-refractivity contribution >= 4 is 27.7 Å². The Bertz CT molecular complexity index is 1110. The zero-order valence-corrected chi connectivity index (χ0v) is 17.1. The van der Waals surface area contributed by atoms with Gasteiger partial charge in [-0.05, 0) is 45.9 Å². The maximum Gasteiger partial charge on any atom is 0.0698 e. The van der Waals surface area contributed by atoms with E-state index in [-0.39, 0.29) is 5.41 Å². The van der Waals surface area contributed by atoms with Gasteiger partial charge in [-0.25, -0.2) is 0 Å². The molecule has 1 unspecified atom stereocenters. The van der Waals surface area contributed by atoms with Gasteiger partial charge in [0, 0.05) is 14.6 Å². The number of hydrogen-bond acceptors (Lipinski definition) is 1. The van der Waals surface area contributed by atoms with Crippen LogP contribution in [0.5, 0.6) is 0 Å². The van der Waals surface area contributed by atoms with Crippen LogP contribution in [0.1, 0.15) is 23.1 Å². The summed E-state index contributed by atoms with van der Waals surface area (Å²) in [6.07, 6.45) is 5.65. The Labute approximate surface area is 172 Å². The second-order valence-electron chi connectivity index (χ2n) is 7.36. The van der Waals surface area contributed by atoms with Gasteiger partial charge in [-0.3, -0.25) is 0 Å². The molecule has 1 atom stereocenters. The molecular formula is C25H17BrS. The Kier molecular flexibility index (Phi) is 3.39. The second-order valence-corrected chi connectivity index (χ2v) is 9.62. The van der Waals surface area contributed by atoms with Gasteiger partial charge in [0.1, 0.15) is 0 Å². The fraction of sp³-hybridized carbons (Fsp3) is 0.120. The summed E-state index contributed by atoms with van der Waals surface area (Å²) in [6.45, 7) is 0. The topological polar surface area (TPSA) is 0 Å². The van der Waals surface area contributed by atoms with Crippen LogP contribution >= 0.6 is 27.7 Å². The molecular weight excluding hydrogens is 412 g/mol. The lowest BCUT2D eigenvalue weighted by Gasteiger charge is -2.42. The quantitative estimate of drug-likeness (QED) is 0.344. The van der Waals surface area contributed by atoms with Crippen LogP contribution in [0.15, 0.2) is 100 Å². The highest BCUT2D eigenvalue weighted by Gasteiger charge is 2.51. The summed E-state index contributed by atoms with van der Waals surface area (Å²) in [7, 11) is 0. The molecule has 0 fully saturated rings. The van der Waals surface area contributed by atoms with Crippen LogP contribution in [0.25, 0.3) is 11.1 Å². The van der Waals surface area contributed by atoms with Crippen LogP contribution in [0.2, 0.25) is 0 Å². The Balaban J connectivity index is 1.81. The van der Waals surface area contributed by atoms with Gasteiger partial charge in [0.15, 0.2) is 0 Å². The van der Waals surface area contributed by atoms with Gasteiger partial charge in [0.25, 0.3) is 0 Å². The molecule has 3 aromatic rings. The lowest BCUT2D eigenvalue weighted by Crippen LogP contribution is -2.34. The highest BCUT2D eigenvalue weighted by atomic mass is 79.9. The molecule has 130 valence electrons. The number of halogens is 1. The van der Waals surface area contributed by atoms with E-state index in [0.717, 1.165) is 6.42 Å². The monoisotopic (exact) mass is 428 g/mol. The molecule has 0 aromatic heterocycles. The van der Waals surface area contributed by atoms with E-state index in [9.17, 15) is 0 Å². The molecule has 1 aliphatic heterocycles. The maximum atomic E-state index is 3.87. The van der Waals surface area contributed by atoms with E-state index in [1.54, 1.807) is 0 Å². The van der Waals surface area contributed by atoms with Crippen molar-refractivity contribution in [2.24, 2.45) is 0 Å². The van der Waals surface area contributed by atoms with Gasteiger partial charge in [0.05, 0.1) is 5.41 Å². The van der Waals surface area contributed by atoms with Crippen LogP contribution in [0, 0.1) is 0 Å². The van der Waals surface area contributed by atoms with Crippen molar-refractivity contribution in [1.29, 1.82) is 0 Å². The molecule has 3 aliphatic rings. The van der Waals surface area contributed by atoms with E-state index in [1.807, 2.05) is 11.8 Å². The summed E-state index contributed by atoms with van der Waals surface area (Å²) >= 11 is 5.80. The van der Waals surface area contributed by atoms with E-state index >= 15 is 0 Å². The molecule has 2 heteroatoms. The molecule has 1 spiro atoms. The molecule has 0 radical (unpaired) electrons. The summed E-state index contributed by atoms with van der Waals surface area (Å²) in [4.78, 5) is 3.18. The van der Waals surface area contributed by atoms with Gasteiger partial charge in [-0.2, -0.15) is 0 Å². The van der Waals surface area contributed by atoms with Crippen molar-refractivity contribution in [3.05, 3.63) is 112 Å². The normalized spacial score (nSPS) is 20.9. The number of benzene rings is 3. The zero-order chi connectivity index (χ0) is 18.0. The molecule has 1 heterocycles. The summed E-state index contributed by atoms with van der Waals surface area (Å²) in [6, 6.07) is 27.0. The smallest absolute Gasteiger partial charge is 0.0698 e. The molecule has 6 rings (SSSR count). The van der Waals surface area contributed by atoms with Crippen LogP contribution in [-0.4, -0.2) is 4.83 Å². The third-order valence-corrected chi connectivity index (χ3v) is 7.88. The lowest BCUT2D eigenvalue weighted by molar-refractivity contribution is 0.678. The Morgan fingerprint density at radius 3 is 2.07 bits per heavy atom. The molecule has 0 bridgehead atoms. The largest absolute Gasteiger partial charge is 0.0898 e. The number of fused-ring (bicyclic) bond motifs is 8. The molecule has 2 aliphatic carbocycles. The third-order valence-electron chi connectivity index (χ3n) is 6.07. The lowest BCUT2D eigenvalue weighted by atomic mass is 9.65. The summed E-state index contributed by atoms with van der Waals surface area (Å²) in [5, 5.41) is 0. The van der Waals surface area contributed by atoms with E-state index in [0.29, 0.717) is 4.83 Å². The molecule has 0 amide bonds. The minimum Gasteiger partial charge on any atom is -0.0898 e. The van der Waals surface area contributed by atoms with Crippen molar-refractivity contribution in [2.45, 2.75) is 21.6 Å². The standard InChI is InChI=1S/C25H17BrS/c26-16-13-14-24-22(15-16)25(21-11-5-6-12-23(21)27-24)19-9-3-1-7-17(19)18-8-2-4-10-20(18)25/h1-14,16H,15H2. The minimum absolute atomic E-state index is 0.179. The van der Waals surface area contributed by atoms with Gasteiger partial charge >= 0.3 is 0 Å². The fourth-order valence-electron chi connectivity index (χ4n) is 5.09. The van der Waals surface area contributed by atoms with Gasteiger partial charge in [-0.15, -0.1) is 0 Å². The molecule has 0 saturated carbocycles. The average molecular weight is 429 g/mol. The highest BCUT2D eigenvalue weighted by molar-refractivity contribution is 9.09. The summed E-state index contributed by atoms with van der Waals surface area (Å²) in [5.74, 6) is 0. The Hall–Kier alpha value is -2.03. The first-order chi connectivity index (χ1) is 13.3. The van der Waals surface area contributed by atoms with Gasteiger partial charge < -0.3 is 0 Å². The van der Waals surface area contributed by atoms with Crippen LogP contribution in [0.3, 0.4) is 0 Å². The van der Waals surface area contributed by atoms with E-state index < -0.39 is 0 Å². The van der Waals surface area contributed by atoms with Gasteiger partial charge in [-0.1, -0.05) is 107 Å². The first kappa shape index (κ1) is 16.0. The van der Waals surface area contributed by atoms with E-state index in [4.69, 9.17) is 0 Å². The minimum atomic E-state index is -0.179. The number of alkyl halides is 1. The maximum absolute atomic E-state index is 3.87. The number of hydrogen-bond donors (Lipinski definition) is 0. The predicted octanol–water partition coefficient (Wildman–Crippen LogP) is 7.08. The van der Waals surface area contributed by atoms with Crippen molar-refractivity contribution in [2.75, 3.05) is 0 Å². The number of allylic oxidation sites excluding steroid dienone is 3. The Morgan fingerprint density at radius 2 is 1.37 bits per heavy atom. The predicted molar refractivity (Wildman–Crippen MR) is 118 cm³/mol. The van der Waals surface area contributed by atoms with Crippen molar-refractivity contribution in [1.82, 2.24) is 0 Å². The molecule has 0 saturated heterocycles. The molecule has 3 aromatic carbocycles. The number of thioether (sulfide) groups is 1. The van der Waals surface area contributed by atoms with E-state index in [1.165, 1.54) is 43.2 Å². The Morgan fingerprint density at radius 1 is 0.778 bits per heavy atom. The summed E-state index contributed by atoms with van der Waals surface area (Å²) < 4.78 is 0. The van der Waals surface area contributed by atoms with Crippen molar-refractivity contribution < 1.29 is 0 Å². The SMILES string of the molecule is BrC1C=CC2=C(C1)C1(c3ccccc3S2)c2ccccc2-c2ccccc21. The average Bonchev–Trinajstić information content (AvgIpc) is 3.01. The van der Waals surface area contributed by atoms with Gasteiger partial charge in [0.2, 0.25) is 0 Å².